The molecule has 116 valence electrons. The highest BCUT2D eigenvalue weighted by molar-refractivity contribution is 7.85. The fourth-order valence-corrected chi connectivity index (χ4v) is 3.00. The van der Waals surface area contributed by atoms with E-state index < -0.39 is 33.9 Å². The summed E-state index contributed by atoms with van der Waals surface area (Å²) < 4.78 is 47.0. The van der Waals surface area contributed by atoms with Gasteiger partial charge in [0.2, 0.25) is 0 Å². The molecule has 8 heteroatoms. The topological polar surface area (TPSA) is 72.9 Å². The minimum atomic E-state index is -4.20. The van der Waals surface area contributed by atoms with E-state index in [0.717, 1.165) is 0 Å². The van der Waals surface area contributed by atoms with Gasteiger partial charge in [0, 0.05) is 0 Å². The third-order valence-electron chi connectivity index (χ3n) is 2.73. The molecule has 1 saturated heterocycles. The Morgan fingerprint density at radius 1 is 1.33 bits per heavy atom. The van der Waals surface area contributed by atoms with Crippen molar-refractivity contribution in [3.63, 3.8) is 0 Å². The zero-order chi connectivity index (χ0) is 15.8. The maximum Gasteiger partial charge on any atom is 0.426 e. The van der Waals surface area contributed by atoms with E-state index in [1.807, 2.05) is 0 Å². The van der Waals surface area contributed by atoms with Crippen LogP contribution in [-0.4, -0.2) is 31.0 Å². The molecule has 0 bridgehead atoms. The highest BCUT2D eigenvalue weighted by atomic mass is 32.2. The summed E-state index contributed by atoms with van der Waals surface area (Å²) in [6, 6.07) is 4.31. The van der Waals surface area contributed by atoms with Gasteiger partial charge in [-0.15, -0.1) is 0 Å². The molecule has 1 aromatic rings. The predicted octanol–water partition coefficient (Wildman–Crippen LogP) is 2.38. The summed E-state index contributed by atoms with van der Waals surface area (Å²) in [7, 11) is -4.20. The smallest absolute Gasteiger partial charge is 0.426 e. The van der Waals surface area contributed by atoms with Gasteiger partial charge >= 0.3 is 16.4 Å². The maximum atomic E-state index is 12.9. The second-order valence-corrected chi connectivity index (χ2v) is 7.07. The molecule has 1 aliphatic heterocycles. The summed E-state index contributed by atoms with van der Waals surface area (Å²) in [5.41, 5.74) is -0.397. The Morgan fingerprint density at radius 2 is 1.90 bits per heavy atom. The van der Waals surface area contributed by atoms with Gasteiger partial charge in [0.1, 0.15) is 17.5 Å². The molecule has 1 aromatic carbocycles. The zero-order valence-electron chi connectivity index (χ0n) is 11.9. The Hall–Kier alpha value is -1.67. The number of hydrogen-bond acceptors (Lipinski definition) is 5. The second kappa shape index (κ2) is 5.27. The first-order valence-corrected chi connectivity index (χ1v) is 7.64. The van der Waals surface area contributed by atoms with E-state index in [4.69, 9.17) is 4.74 Å². The Morgan fingerprint density at radius 3 is 2.43 bits per heavy atom. The molecule has 1 atom stereocenters. The molecule has 0 radical (unpaired) electrons. The molecule has 1 amide bonds. The monoisotopic (exact) mass is 317 g/mol. The lowest BCUT2D eigenvalue weighted by Crippen LogP contribution is -2.39. The van der Waals surface area contributed by atoms with E-state index in [2.05, 4.69) is 4.18 Å². The van der Waals surface area contributed by atoms with Crippen molar-refractivity contribution in [2.45, 2.75) is 32.4 Å². The Balaban J connectivity index is 2.33. The van der Waals surface area contributed by atoms with Crippen LogP contribution in [0.25, 0.3) is 0 Å². The summed E-state index contributed by atoms with van der Waals surface area (Å²) in [5.74, 6) is -0.454. The molecule has 6 nitrogen and oxygen atoms in total. The number of amides is 1. The van der Waals surface area contributed by atoms with E-state index in [1.54, 1.807) is 20.8 Å². The standard InChI is InChI=1S/C13H16FNO5S/c1-13(2,3)20-12(16)15-11(8-19-21(15,17)18)9-4-6-10(14)7-5-9/h4-7,11H,8H2,1-3H3. The molecule has 0 aromatic heterocycles. The van der Waals surface area contributed by atoms with Gasteiger partial charge in [-0.25, -0.2) is 9.18 Å². The van der Waals surface area contributed by atoms with E-state index in [-0.39, 0.29) is 6.61 Å². The molecule has 1 unspecified atom stereocenters. The molecule has 0 saturated carbocycles. The zero-order valence-corrected chi connectivity index (χ0v) is 12.7. The van der Waals surface area contributed by atoms with Crippen molar-refractivity contribution in [2.24, 2.45) is 0 Å². The number of hydrogen-bond donors (Lipinski definition) is 0. The fourth-order valence-electron chi connectivity index (χ4n) is 1.87. The molecule has 1 fully saturated rings. The van der Waals surface area contributed by atoms with Crippen LogP contribution in [0.2, 0.25) is 0 Å². The van der Waals surface area contributed by atoms with Crippen molar-refractivity contribution in [3.05, 3.63) is 35.6 Å². The highest BCUT2D eigenvalue weighted by Gasteiger charge is 2.45. The molecule has 0 spiro atoms. The first-order chi connectivity index (χ1) is 9.60. The quantitative estimate of drug-likeness (QED) is 0.795. The summed E-state index contributed by atoms with van der Waals surface area (Å²) in [6.45, 7) is 4.65. The minimum absolute atomic E-state index is 0.229. The first kappa shape index (κ1) is 15.7. The number of benzene rings is 1. The van der Waals surface area contributed by atoms with Crippen molar-refractivity contribution in [3.8, 4) is 0 Å². The normalized spacial score (nSPS) is 21.3. The molecular weight excluding hydrogens is 301 g/mol. The largest absolute Gasteiger partial charge is 0.443 e. The molecule has 0 N–H and O–H groups in total. The second-order valence-electron chi connectivity index (χ2n) is 5.59. The van der Waals surface area contributed by atoms with Crippen LogP contribution >= 0.6 is 0 Å². The Kier molecular flexibility index (Phi) is 3.94. The van der Waals surface area contributed by atoms with Crippen LogP contribution in [0, 0.1) is 5.82 Å². The SMILES string of the molecule is CC(C)(C)OC(=O)N1C(c2ccc(F)cc2)COS1(=O)=O. The van der Waals surface area contributed by atoms with Crippen LogP contribution in [0.4, 0.5) is 9.18 Å². The third kappa shape index (κ3) is 3.51. The average Bonchev–Trinajstić information content (AvgIpc) is 2.64. The highest BCUT2D eigenvalue weighted by Crippen LogP contribution is 2.33. The van der Waals surface area contributed by atoms with E-state index in [0.29, 0.717) is 9.87 Å². The molecular formula is C13H16FNO5S. The summed E-state index contributed by atoms with van der Waals surface area (Å²) >= 11 is 0. The van der Waals surface area contributed by atoms with Crippen LogP contribution in [0.1, 0.15) is 32.4 Å². The molecule has 2 rings (SSSR count). The van der Waals surface area contributed by atoms with E-state index >= 15 is 0 Å². The van der Waals surface area contributed by atoms with Crippen molar-refractivity contribution in [1.82, 2.24) is 4.31 Å². The molecule has 1 aliphatic rings. The van der Waals surface area contributed by atoms with Crippen LogP contribution in [0.15, 0.2) is 24.3 Å². The number of nitrogens with zero attached hydrogens (tertiary/aromatic N) is 1. The third-order valence-corrected chi connectivity index (χ3v) is 4.05. The number of carbonyl (C=O) groups is 1. The van der Waals surface area contributed by atoms with Gasteiger partial charge in [0.15, 0.2) is 0 Å². The summed E-state index contributed by atoms with van der Waals surface area (Å²) in [4.78, 5) is 12.1. The van der Waals surface area contributed by atoms with Crippen molar-refractivity contribution in [1.29, 1.82) is 0 Å². The molecule has 21 heavy (non-hydrogen) atoms. The van der Waals surface area contributed by atoms with Gasteiger partial charge in [-0.3, -0.25) is 4.18 Å². The van der Waals surface area contributed by atoms with Gasteiger partial charge in [-0.1, -0.05) is 12.1 Å². The lowest BCUT2D eigenvalue weighted by atomic mass is 10.1. The van der Waals surface area contributed by atoms with Crippen LogP contribution in [0.5, 0.6) is 0 Å². The van der Waals surface area contributed by atoms with Crippen LogP contribution in [-0.2, 0) is 19.2 Å². The lowest BCUT2D eigenvalue weighted by molar-refractivity contribution is 0.0356. The Labute approximate surface area is 122 Å². The lowest BCUT2D eigenvalue weighted by Gasteiger charge is -2.26. The number of ether oxygens (including phenoxy) is 1. The van der Waals surface area contributed by atoms with Gasteiger partial charge in [0.25, 0.3) is 0 Å². The molecule has 1 heterocycles. The van der Waals surface area contributed by atoms with E-state index in [1.165, 1.54) is 24.3 Å². The van der Waals surface area contributed by atoms with Crippen molar-refractivity contribution < 1.29 is 26.5 Å². The predicted molar refractivity (Wildman–Crippen MR) is 72.1 cm³/mol. The molecule has 0 aliphatic carbocycles. The fraction of sp³-hybridized carbons (Fsp3) is 0.462. The van der Waals surface area contributed by atoms with Gasteiger partial charge < -0.3 is 4.74 Å². The average molecular weight is 317 g/mol. The van der Waals surface area contributed by atoms with Crippen LogP contribution in [0.3, 0.4) is 0 Å². The first-order valence-electron chi connectivity index (χ1n) is 6.27. The van der Waals surface area contributed by atoms with Crippen molar-refractivity contribution >= 4 is 16.4 Å². The number of carbonyl (C=O) groups excluding carboxylic acids is 1. The van der Waals surface area contributed by atoms with Gasteiger partial charge in [-0.05, 0) is 38.5 Å². The van der Waals surface area contributed by atoms with E-state index in [9.17, 15) is 17.6 Å². The van der Waals surface area contributed by atoms with Crippen LogP contribution < -0.4 is 0 Å². The van der Waals surface area contributed by atoms with Gasteiger partial charge in [0.05, 0.1) is 6.61 Å². The van der Waals surface area contributed by atoms with Gasteiger partial charge in [-0.2, -0.15) is 12.7 Å². The Bertz CT molecular complexity index is 636. The summed E-state index contributed by atoms with van der Waals surface area (Å²) in [5, 5.41) is 0. The number of halogens is 1. The minimum Gasteiger partial charge on any atom is -0.443 e. The maximum absolute atomic E-state index is 12.9. The van der Waals surface area contributed by atoms with Crippen molar-refractivity contribution in [2.75, 3.05) is 6.61 Å². The summed E-state index contributed by atoms with van der Waals surface area (Å²) in [6.07, 6.45) is -1.02. The number of rotatable bonds is 1.